The summed E-state index contributed by atoms with van der Waals surface area (Å²) in [6.07, 6.45) is 3.47. The van der Waals surface area contributed by atoms with E-state index in [4.69, 9.17) is 5.11 Å². The van der Waals surface area contributed by atoms with Crippen LogP contribution in [-0.2, 0) is 0 Å². The van der Waals surface area contributed by atoms with Crippen LogP contribution in [0.2, 0.25) is 0 Å². The fourth-order valence-corrected chi connectivity index (χ4v) is 2.74. The molecule has 1 aromatic carbocycles. The minimum Gasteiger partial charge on any atom is -0.478 e. The second-order valence-electron chi connectivity index (χ2n) is 5.11. The molecule has 1 fully saturated rings. The van der Waals surface area contributed by atoms with Crippen LogP contribution in [0.1, 0.15) is 42.6 Å². The van der Waals surface area contributed by atoms with Gasteiger partial charge in [0, 0.05) is 0 Å². The predicted octanol–water partition coefficient (Wildman–Crippen LogP) is 2.49. The molecule has 2 unspecified atom stereocenters. The average molecular weight is 245 g/mol. The predicted molar refractivity (Wildman–Crippen MR) is 66.5 cm³/mol. The highest BCUT2D eigenvalue weighted by Crippen LogP contribution is 2.35. The van der Waals surface area contributed by atoms with Gasteiger partial charge >= 0.3 is 5.97 Å². The number of rotatable bonds is 2. The molecule has 1 aliphatic rings. The molecule has 1 aliphatic carbocycles. The Morgan fingerprint density at radius 2 is 2.28 bits per heavy atom. The molecular weight excluding hydrogens is 230 g/mol. The summed E-state index contributed by atoms with van der Waals surface area (Å²) < 4.78 is 1.95. The summed E-state index contributed by atoms with van der Waals surface area (Å²) in [4.78, 5) is 10.9. The molecule has 5 heteroatoms. The number of aromatic nitrogens is 3. The Bertz CT molecular complexity index is 605. The lowest BCUT2D eigenvalue weighted by Gasteiger charge is -2.10. The molecule has 0 spiro atoms. The summed E-state index contributed by atoms with van der Waals surface area (Å²) >= 11 is 0. The third kappa shape index (κ3) is 1.75. The molecule has 0 bridgehead atoms. The largest absolute Gasteiger partial charge is 0.478 e. The first-order valence-electron chi connectivity index (χ1n) is 6.23. The third-order valence-corrected chi connectivity index (χ3v) is 3.73. The van der Waals surface area contributed by atoms with Crippen molar-refractivity contribution in [1.82, 2.24) is 15.0 Å². The van der Waals surface area contributed by atoms with Gasteiger partial charge in [-0.15, -0.1) is 5.10 Å². The van der Waals surface area contributed by atoms with Crippen LogP contribution in [0.15, 0.2) is 18.2 Å². The van der Waals surface area contributed by atoms with Crippen LogP contribution in [0.25, 0.3) is 11.0 Å². The lowest BCUT2D eigenvalue weighted by atomic mass is 10.1. The summed E-state index contributed by atoms with van der Waals surface area (Å²) in [5.41, 5.74) is 1.85. The van der Waals surface area contributed by atoms with Gasteiger partial charge in [-0.1, -0.05) is 12.1 Å². The quantitative estimate of drug-likeness (QED) is 0.882. The molecule has 2 atom stereocenters. The summed E-state index contributed by atoms with van der Waals surface area (Å²) in [5, 5.41) is 17.2. The van der Waals surface area contributed by atoms with Crippen LogP contribution >= 0.6 is 0 Å². The highest BCUT2D eigenvalue weighted by molar-refractivity contribution is 5.92. The van der Waals surface area contributed by atoms with Crippen molar-refractivity contribution < 1.29 is 9.90 Å². The van der Waals surface area contributed by atoms with Crippen molar-refractivity contribution in [2.24, 2.45) is 5.92 Å². The minimum atomic E-state index is -0.930. The van der Waals surface area contributed by atoms with Gasteiger partial charge in [0.15, 0.2) is 0 Å². The minimum absolute atomic E-state index is 0.259. The van der Waals surface area contributed by atoms with Crippen LogP contribution in [0.5, 0.6) is 0 Å². The number of carboxylic acid groups (broad SMARTS) is 1. The van der Waals surface area contributed by atoms with E-state index in [1.165, 1.54) is 6.42 Å². The fourth-order valence-electron chi connectivity index (χ4n) is 2.74. The molecule has 5 nitrogen and oxygen atoms in total. The van der Waals surface area contributed by atoms with E-state index in [2.05, 4.69) is 17.2 Å². The zero-order valence-electron chi connectivity index (χ0n) is 10.2. The molecule has 0 saturated heterocycles. The number of hydrogen-bond acceptors (Lipinski definition) is 3. The van der Waals surface area contributed by atoms with E-state index in [0.717, 1.165) is 24.3 Å². The van der Waals surface area contributed by atoms with E-state index in [1.807, 2.05) is 10.7 Å². The Kier molecular flexibility index (Phi) is 2.54. The van der Waals surface area contributed by atoms with Gasteiger partial charge in [0.25, 0.3) is 0 Å². The molecule has 0 radical (unpaired) electrons. The molecule has 2 aromatic rings. The average Bonchev–Trinajstić information content (AvgIpc) is 2.93. The molecule has 1 saturated carbocycles. The highest BCUT2D eigenvalue weighted by atomic mass is 16.4. The third-order valence-electron chi connectivity index (χ3n) is 3.73. The summed E-state index contributed by atoms with van der Waals surface area (Å²) in [6.45, 7) is 2.25. The summed E-state index contributed by atoms with van der Waals surface area (Å²) in [7, 11) is 0. The molecular formula is C13H15N3O2. The van der Waals surface area contributed by atoms with E-state index < -0.39 is 5.97 Å². The first-order valence-corrected chi connectivity index (χ1v) is 6.23. The van der Waals surface area contributed by atoms with Gasteiger partial charge in [0.2, 0.25) is 0 Å². The zero-order chi connectivity index (χ0) is 12.7. The van der Waals surface area contributed by atoms with Crippen molar-refractivity contribution in [3.63, 3.8) is 0 Å². The van der Waals surface area contributed by atoms with Gasteiger partial charge in [-0.05, 0) is 43.4 Å². The summed E-state index contributed by atoms with van der Waals surface area (Å²) in [5.74, 6) is -0.200. The Balaban J connectivity index is 2.02. The first kappa shape index (κ1) is 11.2. The number of benzene rings is 1. The van der Waals surface area contributed by atoms with E-state index in [9.17, 15) is 4.79 Å². The van der Waals surface area contributed by atoms with E-state index in [-0.39, 0.29) is 5.56 Å². The van der Waals surface area contributed by atoms with Crippen molar-refractivity contribution in [2.45, 2.75) is 32.2 Å². The van der Waals surface area contributed by atoms with Gasteiger partial charge in [-0.25, -0.2) is 9.48 Å². The standard InChI is InChI=1S/C13H15N3O2/c1-8-2-4-10(6-8)16-12-5-3-9(13(17)18)7-11(12)14-15-16/h3,5,7-8,10H,2,4,6H2,1H3,(H,17,18). The van der Waals surface area contributed by atoms with E-state index >= 15 is 0 Å². The van der Waals surface area contributed by atoms with Gasteiger partial charge in [0.05, 0.1) is 17.1 Å². The van der Waals surface area contributed by atoms with Crippen LogP contribution in [0.4, 0.5) is 0 Å². The van der Waals surface area contributed by atoms with Crippen LogP contribution < -0.4 is 0 Å². The maximum atomic E-state index is 10.9. The maximum Gasteiger partial charge on any atom is 0.335 e. The second-order valence-corrected chi connectivity index (χ2v) is 5.11. The molecule has 94 valence electrons. The lowest BCUT2D eigenvalue weighted by molar-refractivity contribution is 0.0697. The van der Waals surface area contributed by atoms with Crippen molar-refractivity contribution in [3.05, 3.63) is 23.8 Å². The Morgan fingerprint density at radius 3 is 2.94 bits per heavy atom. The van der Waals surface area contributed by atoms with Gasteiger partial charge < -0.3 is 5.11 Å². The number of aromatic carboxylic acids is 1. The number of fused-ring (bicyclic) bond motifs is 1. The van der Waals surface area contributed by atoms with Crippen LogP contribution in [0, 0.1) is 5.92 Å². The fraction of sp³-hybridized carbons (Fsp3) is 0.462. The van der Waals surface area contributed by atoms with Gasteiger partial charge in [-0.2, -0.15) is 0 Å². The van der Waals surface area contributed by atoms with Gasteiger partial charge in [0.1, 0.15) is 5.52 Å². The topological polar surface area (TPSA) is 68.0 Å². The van der Waals surface area contributed by atoms with Gasteiger partial charge in [-0.3, -0.25) is 0 Å². The molecule has 18 heavy (non-hydrogen) atoms. The Hall–Kier alpha value is -1.91. The number of carboxylic acids is 1. The van der Waals surface area contributed by atoms with E-state index in [1.54, 1.807) is 12.1 Å². The van der Waals surface area contributed by atoms with Crippen LogP contribution in [0.3, 0.4) is 0 Å². The highest BCUT2D eigenvalue weighted by Gasteiger charge is 2.25. The van der Waals surface area contributed by atoms with Crippen molar-refractivity contribution in [3.8, 4) is 0 Å². The van der Waals surface area contributed by atoms with Crippen molar-refractivity contribution in [1.29, 1.82) is 0 Å². The molecule has 1 aromatic heterocycles. The molecule has 0 amide bonds. The number of hydrogen-bond donors (Lipinski definition) is 1. The van der Waals surface area contributed by atoms with Crippen LogP contribution in [-0.4, -0.2) is 26.1 Å². The zero-order valence-corrected chi connectivity index (χ0v) is 10.2. The molecule has 1 N–H and O–H groups in total. The molecule has 0 aliphatic heterocycles. The number of nitrogens with zero attached hydrogens (tertiary/aromatic N) is 3. The number of carbonyl (C=O) groups is 1. The Morgan fingerprint density at radius 1 is 1.44 bits per heavy atom. The maximum absolute atomic E-state index is 10.9. The normalized spacial score (nSPS) is 23.6. The SMILES string of the molecule is CC1CCC(n2nnc3cc(C(=O)O)ccc32)C1. The Labute approximate surface area is 104 Å². The van der Waals surface area contributed by atoms with E-state index in [0.29, 0.717) is 11.6 Å². The summed E-state index contributed by atoms with van der Waals surface area (Å²) in [6, 6.07) is 5.41. The molecule has 3 rings (SSSR count). The lowest BCUT2D eigenvalue weighted by Crippen LogP contribution is -2.07. The smallest absolute Gasteiger partial charge is 0.335 e. The monoisotopic (exact) mass is 245 g/mol. The van der Waals surface area contributed by atoms with Crippen molar-refractivity contribution in [2.75, 3.05) is 0 Å². The second kappa shape index (κ2) is 4.08. The first-order chi connectivity index (χ1) is 8.65. The van der Waals surface area contributed by atoms with Crippen molar-refractivity contribution >= 4 is 17.0 Å². The molecule has 1 heterocycles.